The van der Waals surface area contributed by atoms with Crippen LogP contribution in [0.4, 0.5) is 34.1 Å². The molecule has 1 aromatic heterocycles. The minimum atomic E-state index is -0.456. The summed E-state index contributed by atoms with van der Waals surface area (Å²) in [7, 11) is 0. The number of aromatic nitrogens is 1. The van der Waals surface area contributed by atoms with Gasteiger partial charge in [-0.1, -0.05) is 103 Å². The Labute approximate surface area is 310 Å². The smallest absolute Gasteiger partial charge is 0.0645 e. The number of para-hydroxylation sites is 3. The van der Waals surface area contributed by atoms with Crippen molar-refractivity contribution in [3.05, 3.63) is 200 Å². The van der Waals surface area contributed by atoms with Gasteiger partial charge in [-0.2, -0.15) is 0 Å². The van der Waals surface area contributed by atoms with Crippen molar-refractivity contribution in [2.24, 2.45) is 0 Å². The highest BCUT2D eigenvalue weighted by Crippen LogP contribution is 2.43. The Balaban J connectivity index is 1.24. The van der Waals surface area contributed by atoms with Crippen LogP contribution in [0.15, 0.2) is 200 Å². The molecule has 0 unspecified atom stereocenters. The molecule has 51 heavy (non-hydrogen) atoms. The molecule has 1 aliphatic heterocycles. The Bertz CT molecular complexity index is 3120. The first-order valence-electron chi connectivity index (χ1n) is 21.2. The highest BCUT2D eigenvalue weighted by Gasteiger charge is 2.20. The minimum absolute atomic E-state index is 0.0462. The molecule has 0 saturated heterocycles. The molecule has 0 spiro atoms. The molecule has 1 aliphatic rings. The molecule has 10 rings (SSSR count). The van der Waals surface area contributed by atoms with Gasteiger partial charge in [-0.15, -0.1) is 0 Å². The zero-order valence-electron chi connectivity index (χ0n) is 36.2. The van der Waals surface area contributed by atoms with Gasteiger partial charge < -0.3 is 14.4 Å². The van der Waals surface area contributed by atoms with E-state index in [0.29, 0.717) is 27.7 Å². The molecule has 0 saturated carbocycles. The molecule has 0 radical (unpaired) electrons. The van der Waals surface area contributed by atoms with Crippen molar-refractivity contribution in [3.8, 4) is 27.9 Å². The molecule has 0 atom stereocenters. The van der Waals surface area contributed by atoms with E-state index in [4.69, 9.17) is 12.3 Å². The minimum Gasteiger partial charge on any atom is -0.310 e. The number of hydrogen-bond donors (Lipinski definition) is 0. The Morgan fingerprint density at radius 3 is 1.35 bits per heavy atom. The standard InChI is InChI=1S/C48H33N3/c1-3-17-38(18-4-1)49-40-21-9-13-34(29-40)36-15-11-23-42(31-36)50(43-24-12-16-37(32-43)35-14-10-22-41(49)30-35)44-27-28-48-46(33-44)45-25-7-8-26-47(45)51(48)39-19-5-2-6-20-39/h1-33H/i1D,3D,4D,7D,8D,17D,18D,25D,26D. The molecule has 0 amide bonds. The maximum atomic E-state index is 9.11. The van der Waals surface area contributed by atoms with Gasteiger partial charge in [0.2, 0.25) is 0 Å². The summed E-state index contributed by atoms with van der Waals surface area (Å²) in [5.74, 6) is 0. The molecule has 8 bridgehead atoms. The van der Waals surface area contributed by atoms with Crippen molar-refractivity contribution in [2.75, 3.05) is 9.80 Å². The van der Waals surface area contributed by atoms with E-state index in [1.54, 1.807) is 4.90 Å². The first-order valence-corrected chi connectivity index (χ1v) is 16.7. The van der Waals surface area contributed by atoms with Crippen LogP contribution in [0.3, 0.4) is 0 Å². The first kappa shape index (κ1) is 21.3. The summed E-state index contributed by atoms with van der Waals surface area (Å²) in [6, 6.07) is 44.5. The van der Waals surface area contributed by atoms with Crippen LogP contribution in [0.2, 0.25) is 0 Å². The van der Waals surface area contributed by atoms with Crippen molar-refractivity contribution >= 4 is 55.9 Å². The molecular weight excluding hydrogens is 619 g/mol. The van der Waals surface area contributed by atoms with Crippen molar-refractivity contribution < 1.29 is 12.3 Å². The maximum absolute atomic E-state index is 9.11. The number of rotatable bonds is 3. The van der Waals surface area contributed by atoms with Gasteiger partial charge in [0.1, 0.15) is 0 Å². The molecular formula is C48H33N3. The van der Waals surface area contributed by atoms with E-state index in [0.717, 1.165) is 50.5 Å². The van der Waals surface area contributed by atoms with E-state index in [1.807, 2.05) is 138 Å². The molecule has 0 N–H and O–H groups in total. The fraction of sp³-hybridized carbons (Fsp3) is 0. The van der Waals surface area contributed by atoms with Gasteiger partial charge in [-0.3, -0.25) is 0 Å². The van der Waals surface area contributed by atoms with Gasteiger partial charge in [0.15, 0.2) is 0 Å². The number of hydrogen-bond acceptors (Lipinski definition) is 2. The summed E-state index contributed by atoms with van der Waals surface area (Å²) in [6.45, 7) is 0. The molecule has 0 fully saturated rings. The van der Waals surface area contributed by atoms with Crippen LogP contribution in [-0.2, 0) is 0 Å². The molecule has 0 aliphatic carbocycles. The number of anilines is 6. The highest BCUT2D eigenvalue weighted by molar-refractivity contribution is 6.10. The SMILES string of the molecule is [2H]c1c([2H])c([2H])c(N2c3cccc(c3)-c3cccc(c3)N(c3ccc4c(c3)c3c([2H])c([2H])c([2H])c([2H])c3n4-c3ccccc3)c3cccc(c3)-c3cccc2c3)c([2H])c1[2H]. The highest BCUT2D eigenvalue weighted by atomic mass is 15.1. The van der Waals surface area contributed by atoms with Gasteiger partial charge in [0.25, 0.3) is 0 Å². The quantitative estimate of drug-likeness (QED) is 0.187. The van der Waals surface area contributed by atoms with Crippen LogP contribution in [0.5, 0.6) is 0 Å². The molecule has 3 nitrogen and oxygen atoms in total. The Morgan fingerprint density at radius 1 is 0.314 bits per heavy atom. The predicted molar refractivity (Wildman–Crippen MR) is 215 cm³/mol. The second kappa shape index (κ2) is 11.9. The number of benzene rings is 8. The summed E-state index contributed by atoms with van der Waals surface area (Å²) in [5.41, 5.74) is 9.06. The lowest BCUT2D eigenvalue weighted by atomic mass is 10.00. The molecule has 240 valence electrons. The second-order valence-electron chi connectivity index (χ2n) is 12.4. The van der Waals surface area contributed by atoms with E-state index in [1.165, 1.54) is 0 Å². The third-order valence-electron chi connectivity index (χ3n) is 9.45. The summed E-state index contributed by atoms with van der Waals surface area (Å²) >= 11 is 0. The zero-order valence-corrected chi connectivity index (χ0v) is 27.2. The van der Waals surface area contributed by atoms with E-state index in [-0.39, 0.29) is 41.9 Å². The van der Waals surface area contributed by atoms with E-state index in [2.05, 4.69) is 17.0 Å². The van der Waals surface area contributed by atoms with E-state index in [9.17, 15) is 0 Å². The van der Waals surface area contributed by atoms with Crippen LogP contribution in [0, 0.1) is 0 Å². The van der Waals surface area contributed by atoms with Crippen molar-refractivity contribution in [3.63, 3.8) is 0 Å². The lowest BCUT2D eigenvalue weighted by Crippen LogP contribution is -2.11. The number of nitrogens with zero attached hydrogens (tertiary/aromatic N) is 3. The largest absolute Gasteiger partial charge is 0.310 e. The van der Waals surface area contributed by atoms with Crippen LogP contribution in [0.1, 0.15) is 12.3 Å². The van der Waals surface area contributed by atoms with Crippen LogP contribution >= 0.6 is 0 Å². The van der Waals surface area contributed by atoms with Crippen molar-refractivity contribution in [2.45, 2.75) is 0 Å². The topological polar surface area (TPSA) is 11.4 Å². The van der Waals surface area contributed by atoms with Gasteiger partial charge in [-0.25, -0.2) is 0 Å². The average Bonchev–Trinajstić information content (AvgIpc) is 3.63. The predicted octanol–water partition coefficient (Wildman–Crippen LogP) is 13.4. The monoisotopic (exact) mass is 660 g/mol. The normalized spacial score (nSPS) is 14.7. The van der Waals surface area contributed by atoms with Crippen molar-refractivity contribution in [1.29, 1.82) is 0 Å². The lowest BCUT2D eigenvalue weighted by Gasteiger charge is -2.28. The average molecular weight is 661 g/mol. The van der Waals surface area contributed by atoms with Gasteiger partial charge in [-0.05, 0) is 119 Å². The molecule has 2 heterocycles. The molecule has 9 aromatic rings. The van der Waals surface area contributed by atoms with Gasteiger partial charge in [0, 0.05) is 50.6 Å². The van der Waals surface area contributed by atoms with Gasteiger partial charge in [0.05, 0.1) is 23.4 Å². The first-order chi connectivity index (χ1) is 29.0. The lowest BCUT2D eigenvalue weighted by molar-refractivity contribution is 1.18. The van der Waals surface area contributed by atoms with Crippen LogP contribution in [-0.4, -0.2) is 4.57 Å². The second-order valence-corrected chi connectivity index (χ2v) is 12.4. The fourth-order valence-corrected chi connectivity index (χ4v) is 7.20. The molecule has 3 heteroatoms. The van der Waals surface area contributed by atoms with Crippen LogP contribution < -0.4 is 9.80 Å². The van der Waals surface area contributed by atoms with Gasteiger partial charge >= 0.3 is 0 Å². The third-order valence-corrected chi connectivity index (χ3v) is 9.45. The summed E-state index contributed by atoms with van der Waals surface area (Å²) in [5, 5.41) is 1.11. The van der Waals surface area contributed by atoms with E-state index < -0.39 is 18.1 Å². The Kier molecular flexibility index (Phi) is 4.98. The number of fused-ring (bicyclic) bond motifs is 13. The molecule has 8 aromatic carbocycles. The fourth-order valence-electron chi connectivity index (χ4n) is 7.20. The van der Waals surface area contributed by atoms with E-state index >= 15 is 0 Å². The maximum Gasteiger partial charge on any atom is 0.0645 e. The zero-order chi connectivity index (χ0) is 41.6. The summed E-state index contributed by atoms with van der Waals surface area (Å²) < 4.78 is 80.5. The Hall–Kier alpha value is -6.84. The summed E-state index contributed by atoms with van der Waals surface area (Å²) in [6.07, 6.45) is 0. The summed E-state index contributed by atoms with van der Waals surface area (Å²) in [4.78, 5) is 3.87. The van der Waals surface area contributed by atoms with Crippen molar-refractivity contribution in [1.82, 2.24) is 4.57 Å². The van der Waals surface area contributed by atoms with Crippen LogP contribution in [0.25, 0.3) is 49.7 Å². The Morgan fingerprint density at radius 2 is 0.784 bits per heavy atom. The third kappa shape index (κ3) is 4.98.